The summed E-state index contributed by atoms with van der Waals surface area (Å²) in [6.07, 6.45) is 0.735. The SMILES string of the molecule is CC(N)Cc1cc2c(cc1Cl)OCC(C)(C)CO2. The third-order valence-corrected chi connectivity index (χ3v) is 3.24. The minimum Gasteiger partial charge on any atom is -0.489 e. The fourth-order valence-electron chi connectivity index (χ4n) is 1.89. The van der Waals surface area contributed by atoms with Crippen molar-refractivity contribution in [3.8, 4) is 11.5 Å². The number of hydrogen-bond donors (Lipinski definition) is 1. The summed E-state index contributed by atoms with van der Waals surface area (Å²) in [7, 11) is 0. The minimum atomic E-state index is 0.00676. The Kier molecular flexibility index (Phi) is 3.74. The highest BCUT2D eigenvalue weighted by molar-refractivity contribution is 6.31. The number of nitrogens with two attached hydrogens (primary N) is 1. The van der Waals surface area contributed by atoms with E-state index in [4.69, 9.17) is 26.8 Å². The van der Waals surface area contributed by atoms with Gasteiger partial charge in [-0.15, -0.1) is 0 Å². The summed E-state index contributed by atoms with van der Waals surface area (Å²) in [5.41, 5.74) is 6.83. The first-order valence-corrected chi connectivity index (χ1v) is 6.59. The molecule has 0 fully saturated rings. The Bertz CT molecular complexity index is 444. The molecule has 1 atom stereocenters. The first-order chi connectivity index (χ1) is 8.37. The van der Waals surface area contributed by atoms with E-state index in [-0.39, 0.29) is 11.5 Å². The average Bonchev–Trinajstić information content (AvgIpc) is 2.39. The second-order valence-corrected chi connectivity index (χ2v) is 6.22. The summed E-state index contributed by atoms with van der Waals surface area (Å²) in [4.78, 5) is 0. The number of halogens is 1. The van der Waals surface area contributed by atoms with E-state index >= 15 is 0 Å². The van der Waals surface area contributed by atoms with E-state index in [1.54, 1.807) is 0 Å². The summed E-state index contributed by atoms with van der Waals surface area (Å²) >= 11 is 6.24. The van der Waals surface area contributed by atoms with Crippen LogP contribution >= 0.6 is 11.6 Å². The molecule has 1 aliphatic rings. The maximum atomic E-state index is 6.24. The summed E-state index contributed by atoms with van der Waals surface area (Å²) in [5.74, 6) is 1.49. The van der Waals surface area contributed by atoms with Gasteiger partial charge in [-0.2, -0.15) is 0 Å². The molecule has 1 heterocycles. The van der Waals surface area contributed by atoms with Gasteiger partial charge in [-0.05, 0) is 25.0 Å². The van der Waals surface area contributed by atoms with Gasteiger partial charge in [0.25, 0.3) is 0 Å². The quantitative estimate of drug-likeness (QED) is 0.898. The van der Waals surface area contributed by atoms with E-state index in [2.05, 4.69) is 13.8 Å². The number of hydrogen-bond acceptors (Lipinski definition) is 3. The molecular formula is C14H20ClNO2. The fraction of sp³-hybridized carbons (Fsp3) is 0.571. The third kappa shape index (κ3) is 3.09. The monoisotopic (exact) mass is 269 g/mol. The first kappa shape index (κ1) is 13.5. The summed E-state index contributed by atoms with van der Waals surface area (Å²) in [6, 6.07) is 3.85. The summed E-state index contributed by atoms with van der Waals surface area (Å²) in [6.45, 7) is 7.46. The molecule has 0 radical (unpaired) electrons. The Morgan fingerprint density at radius 1 is 1.28 bits per heavy atom. The summed E-state index contributed by atoms with van der Waals surface area (Å²) < 4.78 is 11.6. The van der Waals surface area contributed by atoms with Crippen LogP contribution in [0.4, 0.5) is 0 Å². The van der Waals surface area contributed by atoms with E-state index in [0.29, 0.717) is 18.2 Å². The second kappa shape index (κ2) is 4.98. The van der Waals surface area contributed by atoms with Crippen LogP contribution in [0.3, 0.4) is 0 Å². The van der Waals surface area contributed by atoms with Crippen LogP contribution in [-0.4, -0.2) is 19.3 Å². The zero-order chi connectivity index (χ0) is 13.3. The van der Waals surface area contributed by atoms with Gasteiger partial charge in [0.15, 0.2) is 11.5 Å². The molecular weight excluding hydrogens is 250 g/mol. The maximum absolute atomic E-state index is 6.24. The van der Waals surface area contributed by atoms with Crippen molar-refractivity contribution >= 4 is 11.6 Å². The van der Waals surface area contributed by atoms with Crippen molar-refractivity contribution in [3.05, 3.63) is 22.7 Å². The third-order valence-electron chi connectivity index (χ3n) is 2.89. The molecule has 2 N–H and O–H groups in total. The van der Waals surface area contributed by atoms with Gasteiger partial charge in [-0.3, -0.25) is 0 Å². The first-order valence-electron chi connectivity index (χ1n) is 6.21. The van der Waals surface area contributed by atoms with Crippen LogP contribution in [0.2, 0.25) is 5.02 Å². The number of ether oxygens (including phenoxy) is 2. The number of rotatable bonds is 2. The molecule has 100 valence electrons. The molecule has 0 bridgehead atoms. The summed E-state index contributed by atoms with van der Waals surface area (Å²) in [5, 5.41) is 0.689. The molecule has 0 amide bonds. The lowest BCUT2D eigenvalue weighted by Gasteiger charge is -2.19. The second-order valence-electron chi connectivity index (χ2n) is 5.81. The van der Waals surface area contributed by atoms with Gasteiger partial charge in [0.05, 0.1) is 13.2 Å². The Morgan fingerprint density at radius 3 is 2.39 bits per heavy atom. The van der Waals surface area contributed by atoms with Crippen LogP contribution in [0.5, 0.6) is 11.5 Å². The van der Waals surface area contributed by atoms with Gasteiger partial charge < -0.3 is 15.2 Å². The van der Waals surface area contributed by atoms with Crippen molar-refractivity contribution in [3.63, 3.8) is 0 Å². The topological polar surface area (TPSA) is 44.5 Å². The largest absolute Gasteiger partial charge is 0.489 e. The Balaban J connectivity index is 2.30. The van der Waals surface area contributed by atoms with Crippen LogP contribution < -0.4 is 15.2 Å². The van der Waals surface area contributed by atoms with Crippen LogP contribution in [0, 0.1) is 5.41 Å². The molecule has 1 aliphatic heterocycles. The highest BCUT2D eigenvalue weighted by Gasteiger charge is 2.26. The average molecular weight is 270 g/mol. The van der Waals surface area contributed by atoms with Gasteiger partial charge in [0, 0.05) is 22.5 Å². The van der Waals surface area contributed by atoms with Crippen molar-refractivity contribution in [2.45, 2.75) is 33.2 Å². The molecule has 1 aromatic rings. The van der Waals surface area contributed by atoms with Crippen molar-refractivity contribution in [1.82, 2.24) is 0 Å². The minimum absolute atomic E-state index is 0.00676. The van der Waals surface area contributed by atoms with Crippen molar-refractivity contribution < 1.29 is 9.47 Å². The van der Waals surface area contributed by atoms with Gasteiger partial charge in [-0.1, -0.05) is 25.4 Å². The van der Waals surface area contributed by atoms with Crippen LogP contribution in [0.15, 0.2) is 12.1 Å². The van der Waals surface area contributed by atoms with E-state index < -0.39 is 0 Å². The van der Waals surface area contributed by atoms with Gasteiger partial charge in [0.1, 0.15) is 0 Å². The fourth-order valence-corrected chi connectivity index (χ4v) is 2.12. The number of benzene rings is 1. The molecule has 4 heteroatoms. The smallest absolute Gasteiger partial charge is 0.162 e. The molecule has 0 spiro atoms. The van der Waals surface area contributed by atoms with Gasteiger partial charge in [-0.25, -0.2) is 0 Å². The van der Waals surface area contributed by atoms with Crippen molar-refractivity contribution in [2.24, 2.45) is 11.1 Å². The Labute approximate surface area is 113 Å². The van der Waals surface area contributed by atoms with Crippen LogP contribution in [0.25, 0.3) is 0 Å². The predicted octanol–water partition coefficient (Wildman–Crippen LogP) is 3.03. The van der Waals surface area contributed by atoms with Gasteiger partial charge in [0.2, 0.25) is 0 Å². The van der Waals surface area contributed by atoms with E-state index in [1.807, 2.05) is 19.1 Å². The molecule has 0 aromatic heterocycles. The lowest BCUT2D eigenvalue weighted by atomic mass is 9.97. The van der Waals surface area contributed by atoms with E-state index in [9.17, 15) is 0 Å². The number of fused-ring (bicyclic) bond motifs is 1. The molecule has 1 unspecified atom stereocenters. The maximum Gasteiger partial charge on any atom is 0.162 e. The zero-order valence-electron chi connectivity index (χ0n) is 11.1. The lowest BCUT2D eigenvalue weighted by Crippen LogP contribution is -2.26. The molecule has 0 saturated carbocycles. The van der Waals surface area contributed by atoms with Crippen molar-refractivity contribution in [1.29, 1.82) is 0 Å². The van der Waals surface area contributed by atoms with E-state index in [1.165, 1.54) is 0 Å². The lowest BCUT2D eigenvalue weighted by molar-refractivity contribution is 0.140. The molecule has 0 saturated heterocycles. The normalized spacial score (nSPS) is 19.2. The Hall–Kier alpha value is -0.930. The zero-order valence-corrected chi connectivity index (χ0v) is 11.9. The Morgan fingerprint density at radius 2 is 1.83 bits per heavy atom. The van der Waals surface area contributed by atoms with E-state index in [0.717, 1.165) is 23.5 Å². The standard InChI is InChI=1S/C14H20ClNO2/c1-9(16)4-10-5-12-13(6-11(10)15)18-8-14(2,3)7-17-12/h5-6,9H,4,7-8,16H2,1-3H3. The van der Waals surface area contributed by atoms with Gasteiger partial charge >= 0.3 is 0 Å². The highest BCUT2D eigenvalue weighted by Crippen LogP contribution is 2.37. The highest BCUT2D eigenvalue weighted by atomic mass is 35.5. The molecule has 2 rings (SSSR count). The molecule has 18 heavy (non-hydrogen) atoms. The molecule has 3 nitrogen and oxygen atoms in total. The molecule has 0 aliphatic carbocycles. The van der Waals surface area contributed by atoms with Crippen LogP contribution in [-0.2, 0) is 6.42 Å². The predicted molar refractivity (Wildman–Crippen MR) is 73.6 cm³/mol. The molecule has 1 aromatic carbocycles. The van der Waals surface area contributed by atoms with Crippen LogP contribution in [0.1, 0.15) is 26.3 Å². The van der Waals surface area contributed by atoms with Crippen molar-refractivity contribution in [2.75, 3.05) is 13.2 Å².